The first kappa shape index (κ1) is 41.3. The minimum absolute atomic E-state index is 0.0438. The average molecular weight is 757 g/mol. The molecule has 0 aliphatic heterocycles. The molecule has 0 aliphatic carbocycles. The summed E-state index contributed by atoms with van der Waals surface area (Å²) < 4.78 is 26.2. The molecule has 0 radical (unpaired) electrons. The molecule has 0 heterocycles. The van der Waals surface area contributed by atoms with Crippen molar-refractivity contribution < 1.29 is 42.9 Å². The maximum Gasteiger partial charge on any atom is 0.343 e. The first-order valence-corrected chi connectivity index (χ1v) is 18.4. The van der Waals surface area contributed by atoms with Crippen LogP contribution in [0, 0.1) is 23.7 Å². The van der Waals surface area contributed by atoms with E-state index in [2.05, 4.69) is 36.8 Å². The number of rotatable bonds is 17. The van der Waals surface area contributed by atoms with E-state index >= 15 is 0 Å². The van der Waals surface area contributed by atoms with Crippen molar-refractivity contribution in [3.8, 4) is 35.2 Å². The molecule has 4 aromatic carbocycles. The average Bonchev–Trinajstić information content (AvgIpc) is 3.22. The van der Waals surface area contributed by atoms with E-state index in [0.29, 0.717) is 43.1 Å². The third-order valence-corrected chi connectivity index (χ3v) is 8.65. The molecule has 0 atom stereocenters. The minimum Gasteiger partial charge on any atom is -0.494 e. The zero-order valence-corrected chi connectivity index (χ0v) is 31.3. The summed E-state index contributed by atoms with van der Waals surface area (Å²) in [7, 11) is 1.25. The lowest BCUT2D eigenvalue weighted by Gasteiger charge is -2.09. The van der Waals surface area contributed by atoms with Crippen molar-refractivity contribution in [2.75, 3.05) is 32.7 Å². The van der Waals surface area contributed by atoms with Gasteiger partial charge in [0, 0.05) is 39.3 Å². The van der Waals surface area contributed by atoms with Crippen LogP contribution in [0.4, 0.5) is 0 Å². The molecule has 4 rings (SSSR count). The Labute approximate surface area is 325 Å². The van der Waals surface area contributed by atoms with Gasteiger partial charge in [0.1, 0.15) is 17.1 Å². The second-order valence-electron chi connectivity index (χ2n) is 11.6. The number of hydrogen-bond acceptors (Lipinski definition) is 10. The molecule has 10 heteroatoms. The Bertz CT molecular complexity index is 2080. The number of unbranched alkanes of at least 4 members (excludes halogenated alkanes) is 2. The number of thioether (sulfide) groups is 1. The quantitative estimate of drug-likeness (QED) is 0.0200. The van der Waals surface area contributed by atoms with Crippen molar-refractivity contribution >= 4 is 35.6 Å². The fourth-order valence-corrected chi connectivity index (χ4v) is 5.54. The lowest BCUT2D eigenvalue weighted by molar-refractivity contribution is -0.138. The maximum absolute atomic E-state index is 13.0. The Balaban J connectivity index is 1.28. The van der Waals surface area contributed by atoms with E-state index in [9.17, 15) is 19.2 Å². The van der Waals surface area contributed by atoms with Crippen molar-refractivity contribution in [3.63, 3.8) is 0 Å². The maximum atomic E-state index is 13.0. The zero-order chi connectivity index (χ0) is 39.3. The van der Waals surface area contributed by atoms with Crippen LogP contribution in [0.25, 0.3) is 0 Å². The molecule has 0 fully saturated rings. The number of methoxy groups -OCH3 is 1. The van der Waals surface area contributed by atoms with Gasteiger partial charge in [-0.05, 0) is 122 Å². The van der Waals surface area contributed by atoms with Gasteiger partial charge in [0.25, 0.3) is 0 Å². The van der Waals surface area contributed by atoms with E-state index in [-0.39, 0.29) is 16.9 Å². The molecule has 0 saturated heterocycles. The highest BCUT2D eigenvalue weighted by atomic mass is 32.2. The van der Waals surface area contributed by atoms with Crippen molar-refractivity contribution in [1.29, 1.82) is 0 Å². The van der Waals surface area contributed by atoms with Gasteiger partial charge in [0.15, 0.2) is 0 Å². The number of hydrogen-bond donors (Lipinski definition) is 0. The summed E-state index contributed by atoms with van der Waals surface area (Å²) in [5, 5.41) is 0. The van der Waals surface area contributed by atoms with Crippen LogP contribution < -0.4 is 9.47 Å². The van der Waals surface area contributed by atoms with Crippen molar-refractivity contribution in [2.24, 2.45) is 0 Å². The SMILES string of the molecule is C=CC(=O)OCCCCOc1ccc(C#Cc2ccc(OC(=O)c3ccc(C#Cc4ccc(SCCCCOC(=O)C=C)cc4)cc3)c(C(=O)OC)c2)cc1. The fourth-order valence-electron chi connectivity index (χ4n) is 4.62. The molecular formula is C45H40O9S. The molecule has 0 spiro atoms. The Morgan fingerprint density at radius 1 is 0.618 bits per heavy atom. The van der Waals surface area contributed by atoms with Crippen LogP contribution in [0.15, 0.2) is 121 Å². The van der Waals surface area contributed by atoms with Crippen LogP contribution in [0.5, 0.6) is 11.5 Å². The highest BCUT2D eigenvalue weighted by Gasteiger charge is 2.18. The van der Waals surface area contributed by atoms with Gasteiger partial charge in [-0.1, -0.05) is 36.8 Å². The lowest BCUT2D eigenvalue weighted by Crippen LogP contribution is -2.12. The van der Waals surface area contributed by atoms with Crippen LogP contribution in [0.3, 0.4) is 0 Å². The molecule has 280 valence electrons. The molecule has 0 unspecified atom stereocenters. The fraction of sp³-hybridized carbons (Fsp3) is 0.200. The van der Waals surface area contributed by atoms with Gasteiger partial charge in [-0.25, -0.2) is 19.2 Å². The largest absolute Gasteiger partial charge is 0.494 e. The molecule has 0 saturated carbocycles. The number of esters is 4. The molecule has 4 aromatic rings. The van der Waals surface area contributed by atoms with Gasteiger partial charge in [0.2, 0.25) is 0 Å². The van der Waals surface area contributed by atoms with E-state index in [0.717, 1.165) is 53.2 Å². The number of benzene rings is 4. The number of carbonyl (C=O) groups excluding carboxylic acids is 4. The van der Waals surface area contributed by atoms with Crippen LogP contribution >= 0.6 is 11.8 Å². The first-order valence-electron chi connectivity index (χ1n) is 17.4. The number of ether oxygens (including phenoxy) is 5. The first-order chi connectivity index (χ1) is 26.8. The molecule has 0 amide bonds. The molecule has 55 heavy (non-hydrogen) atoms. The van der Waals surface area contributed by atoms with Crippen LogP contribution in [0.2, 0.25) is 0 Å². The van der Waals surface area contributed by atoms with Crippen LogP contribution in [0.1, 0.15) is 68.7 Å². The van der Waals surface area contributed by atoms with Crippen molar-refractivity contribution in [3.05, 3.63) is 150 Å². The van der Waals surface area contributed by atoms with Gasteiger partial charge in [-0.2, -0.15) is 0 Å². The lowest BCUT2D eigenvalue weighted by atomic mass is 10.1. The topological polar surface area (TPSA) is 114 Å². The third kappa shape index (κ3) is 14.5. The predicted molar refractivity (Wildman–Crippen MR) is 211 cm³/mol. The minimum atomic E-state index is -0.673. The molecule has 0 aliphatic rings. The normalized spacial score (nSPS) is 9.98. The van der Waals surface area contributed by atoms with Gasteiger partial charge < -0.3 is 23.7 Å². The zero-order valence-electron chi connectivity index (χ0n) is 30.5. The summed E-state index contributed by atoms with van der Waals surface area (Å²) in [5.41, 5.74) is 3.17. The van der Waals surface area contributed by atoms with E-state index in [1.807, 2.05) is 48.5 Å². The summed E-state index contributed by atoms with van der Waals surface area (Å²) in [4.78, 5) is 49.0. The molecule has 0 aromatic heterocycles. The standard InChI is InChI=1S/C45H40O9S/c1-4-42(46)52-29-7-6-28-51-38-23-16-34(17-24-38)12-13-36-20-27-41(40(32-36)45(49)50-3)54-44(48)37-21-14-33(15-22-37)10-11-35-18-25-39(26-19-35)55-31-9-8-30-53-43(47)5-2/h4-5,14-27,32H,1-2,6-9,28-31H2,3H3. The summed E-state index contributed by atoms with van der Waals surface area (Å²) in [6, 6.07) is 26.6. The van der Waals surface area contributed by atoms with Crippen molar-refractivity contribution in [2.45, 2.75) is 30.6 Å². The van der Waals surface area contributed by atoms with Gasteiger partial charge in [-0.3, -0.25) is 0 Å². The monoisotopic (exact) mass is 756 g/mol. The van der Waals surface area contributed by atoms with Crippen LogP contribution in [-0.4, -0.2) is 56.6 Å². The summed E-state index contributed by atoms with van der Waals surface area (Å²) in [6.07, 6.45) is 5.42. The van der Waals surface area contributed by atoms with Crippen LogP contribution in [-0.2, 0) is 23.8 Å². The Hall–Kier alpha value is -6.49. The highest BCUT2D eigenvalue weighted by molar-refractivity contribution is 7.99. The third-order valence-electron chi connectivity index (χ3n) is 7.56. The summed E-state index contributed by atoms with van der Waals surface area (Å²) >= 11 is 1.73. The van der Waals surface area contributed by atoms with Crippen molar-refractivity contribution in [1.82, 2.24) is 0 Å². The molecule has 9 nitrogen and oxygen atoms in total. The highest BCUT2D eigenvalue weighted by Crippen LogP contribution is 2.23. The van der Waals surface area contributed by atoms with E-state index in [4.69, 9.17) is 23.7 Å². The Morgan fingerprint density at radius 3 is 1.71 bits per heavy atom. The molecule has 0 bridgehead atoms. The second-order valence-corrected chi connectivity index (χ2v) is 12.7. The number of carbonyl (C=O) groups is 4. The van der Waals surface area contributed by atoms with Gasteiger partial charge in [-0.15, -0.1) is 11.8 Å². The smallest absolute Gasteiger partial charge is 0.343 e. The predicted octanol–water partition coefficient (Wildman–Crippen LogP) is 7.98. The Kier molecular flexibility index (Phi) is 16.9. The second kappa shape index (κ2) is 22.5. The summed E-state index contributed by atoms with van der Waals surface area (Å²) in [6.45, 7) is 7.92. The summed E-state index contributed by atoms with van der Waals surface area (Å²) in [5.74, 6) is 11.8. The van der Waals surface area contributed by atoms with Gasteiger partial charge >= 0.3 is 23.9 Å². The van der Waals surface area contributed by atoms with E-state index in [1.54, 1.807) is 42.1 Å². The molecule has 0 N–H and O–H groups in total. The van der Waals surface area contributed by atoms with E-state index < -0.39 is 23.9 Å². The molecular weight excluding hydrogens is 717 g/mol. The Morgan fingerprint density at radius 2 is 1.13 bits per heavy atom. The van der Waals surface area contributed by atoms with E-state index in [1.165, 1.54) is 19.2 Å². The van der Waals surface area contributed by atoms with Gasteiger partial charge in [0.05, 0.1) is 32.5 Å².